The molecule has 4 aromatic rings. The molecule has 160 valence electrons. The van der Waals surface area contributed by atoms with Gasteiger partial charge in [-0.3, -0.25) is 14.5 Å². The van der Waals surface area contributed by atoms with Crippen LogP contribution in [-0.4, -0.2) is 21.9 Å². The first-order chi connectivity index (χ1) is 15.3. The topological polar surface area (TPSA) is 104 Å². The Kier molecular flexibility index (Phi) is 4.67. The molecular weight excluding hydrogens is 478 g/mol. The number of ketones is 1. The molecule has 2 aromatic carbocycles. The van der Waals surface area contributed by atoms with Crippen LogP contribution >= 0.6 is 15.9 Å². The van der Waals surface area contributed by atoms with Crippen molar-refractivity contribution >= 4 is 44.3 Å². The predicted octanol–water partition coefficient (Wildman–Crippen LogP) is 5.59. The van der Waals surface area contributed by atoms with Gasteiger partial charge in [-0.1, -0.05) is 22.0 Å². The molecule has 1 amide bonds. The fourth-order valence-electron chi connectivity index (χ4n) is 3.89. The number of phenolic OH excluding ortho intramolecular Hbond substituents is 1. The maximum atomic E-state index is 13.5. The van der Waals surface area contributed by atoms with E-state index in [2.05, 4.69) is 15.9 Å². The minimum Gasteiger partial charge on any atom is -0.506 e. The summed E-state index contributed by atoms with van der Waals surface area (Å²) in [6, 6.07) is 13.7. The number of anilines is 1. The summed E-state index contributed by atoms with van der Waals surface area (Å²) in [7, 11) is 0. The summed E-state index contributed by atoms with van der Waals surface area (Å²) in [5, 5.41) is 21.9. The first-order valence-corrected chi connectivity index (χ1v) is 10.5. The highest BCUT2D eigenvalue weighted by atomic mass is 79.9. The lowest BCUT2D eigenvalue weighted by Crippen LogP contribution is -2.31. The fraction of sp³-hybridized carbons (Fsp3) is 0.0833. The predicted molar refractivity (Wildman–Crippen MR) is 120 cm³/mol. The number of aromatic hydroxyl groups is 1. The highest BCUT2D eigenvalue weighted by Crippen LogP contribution is 2.45. The highest BCUT2D eigenvalue weighted by molar-refractivity contribution is 9.10. The number of Topliss-reactive ketones (excluding diaryl/α,β-unsaturated/α-hetero) is 1. The van der Waals surface area contributed by atoms with E-state index in [0.717, 1.165) is 14.9 Å². The van der Waals surface area contributed by atoms with Crippen LogP contribution in [0.25, 0.3) is 11.0 Å². The molecule has 1 unspecified atom stereocenters. The number of phenols is 1. The zero-order valence-corrected chi connectivity index (χ0v) is 18.3. The smallest absolute Gasteiger partial charge is 0.294 e. The van der Waals surface area contributed by atoms with E-state index in [-0.39, 0.29) is 28.5 Å². The summed E-state index contributed by atoms with van der Waals surface area (Å²) < 4.78 is 12.0. The molecule has 3 heterocycles. The zero-order valence-electron chi connectivity index (χ0n) is 16.7. The van der Waals surface area contributed by atoms with Gasteiger partial charge in [0.25, 0.3) is 5.91 Å². The number of benzene rings is 2. The molecule has 0 bridgehead atoms. The second-order valence-corrected chi connectivity index (χ2v) is 8.39. The van der Waals surface area contributed by atoms with E-state index in [1.54, 1.807) is 55.5 Å². The van der Waals surface area contributed by atoms with Gasteiger partial charge in [-0.05, 0) is 61.0 Å². The summed E-state index contributed by atoms with van der Waals surface area (Å²) in [6.45, 7) is 1.80. The maximum Gasteiger partial charge on any atom is 0.294 e. The van der Waals surface area contributed by atoms with E-state index in [4.69, 9.17) is 8.83 Å². The van der Waals surface area contributed by atoms with E-state index in [1.165, 1.54) is 12.3 Å². The molecule has 0 saturated heterocycles. The highest BCUT2D eigenvalue weighted by Gasteiger charge is 2.47. The van der Waals surface area contributed by atoms with Crippen molar-refractivity contribution in [2.75, 3.05) is 4.90 Å². The van der Waals surface area contributed by atoms with Gasteiger partial charge in [0.05, 0.1) is 17.5 Å². The molecule has 0 radical (unpaired) electrons. The largest absolute Gasteiger partial charge is 0.506 e. The minimum atomic E-state index is -1.09. The van der Waals surface area contributed by atoms with Gasteiger partial charge in [0, 0.05) is 9.86 Å². The molecule has 0 spiro atoms. The maximum absolute atomic E-state index is 13.5. The monoisotopic (exact) mass is 493 g/mol. The second kappa shape index (κ2) is 7.42. The number of aliphatic hydroxyl groups is 1. The SMILES string of the molecule is Cc1ccc(O)c(N2C(=O)C(O)=C(C(=O)c3cc4cc(Br)ccc4o3)C2c2ccco2)c1. The average Bonchev–Trinajstić information content (AvgIpc) is 3.48. The first-order valence-electron chi connectivity index (χ1n) is 9.68. The van der Waals surface area contributed by atoms with E-state index >= 15 is 0 Å². The molecule has 8 heteroatoms. The van der Waals surface area contributed by atoms with E-state index in [0.29, 0.717) is 11.0 Å². The van der Waals surface area contributed by atoms with Gasteiger partial charge in [-0.2, -0.15) is 0 Å². The Hall–Kier alpha value is -3.78. The van der Waals surface area contributed by atoms with E-state index in [1.807, 2.05) is 0 Å². The van der Waals surface area contributed by atoms with Crippen molar-refractivity contribution in [3.8, 4) is 5.75 Å². The Morgan fingerprint density at radius 3 is 2.66 bits per heavy atom. The van der Waals surface area contributed by atoms with Crippen molar-refractivity contribution in [1.29, 1.82) is 0 Å². The third-order valence-electron chi connectivity index (χ3n) is 5.36. The molecule has 0 aliphatic carbocycles. The Bertz CT molecular complexity index is 1420. The van der Waals surface area contributed by atoms with Crippen LogP contribution < -0.4 is 4.90 Å². The molecule has 0 fully saturated rings. The number of furan rings is 2. The average molecular weight is 494 g/mol. The van der Waals surface area contributed by atoms with Crippen LogP contribution in [-0.2, 0) is 4.79 Å². The number of amides is 1. The van der Waals surface area contributed by atoms with Gasteiger partial charge in [0.15, 0.2) is 11.5 Å². The third kappa shape index (κ3) is 3.11. The third-order valence-corrected chi connectivity index (χ3v) is 5.85. The van der Waals surface area contributed by atoms with Crippen molar-refractivity contribution in [3.05, 3.63) is 93.7 Å². The van der Waals surface area contributed by atoms with Gasteiger partial charge in [0.1, 0.15) is 23.1 Å². The van der Waals surface area contributed by atoms with Crippen molar-refractivity contribution < 1.29 is 28.6 Å². The minimum absolute atomic E-state index is 0.0284. The number of aryl methyl sites for hydroxylation is 1. The quantitative estimate of drug-likeness (QED) is 0.359. The number of nitrogens with zero attached hydrogens (tertiary/aromatic N) is 1. The van der Waals surface area contributed by atoms with Crippen LogP contribution in [0.1, 0.15) is 27.9 Å². The van der Waals surface area contributed by atoms with Crippen LogP contribution in [0.5, 0.6) is 5.75 Å². The molecule has 5 rings (SSSR count). The Morgan fingerprint density at radius 1 is 1.09 bits per heavy atom. The van der Waals surface area contributed by atoms with Crippen molar-refractivity contribution in [1.82, 2.24) is 0 Å². The number of hydrogen-bond acceptors (Lipinski definition) is 6. The Balaban J connectivity index is 1.66. The van der Waals surface area contributed by atoms with Crippen LogP contribution in [0, 0.1) is 6.92 Å². The van der Waals surface area contributed by atoms with Crippen LogP contribution in [0.15, 0.2) is 85.5 Å². The number of rotatable bonds is 4. The number of fused-ring (bicyclic) bond motifs is 1. The molecule has 32 heavy (non-hydrogen) atoms. The normalized spacial score (nSPS) is 16.4. The number of carbonyl (C=O) groups is 2. The summed E-state index contributed by atoms with van der Waals surface area (Å²) in [4.78, 5) is 27.8. The molecular formula is C24H16BrNO6. The molecule has 2 N–H and O–H groups in total. The lowest BCUT2D eigenvalue weighted by molar-refractivity contribution is -0.117. The number of carbonyl (C=O) groups excluding carboxylic acids is 2. The number of halogens is 1. The van der Waals surface area contributed by atoms with Crippen LogP contribution in [0.4, 0.5) is 5.69 Å². The molecule has 2 aromatic heterocycles. The summed E-state index contributed by atoms with van der Waals surface area (Å²) in [6.07, 6.45) is 1.41. The van der Waals surface area contributed by atoms with Gasteiger partial charge in [-0.25, -0.2) is 0 Å². The Labute approximate surface area is 190 Å². The molecule has 7 nitrogen and oxygen atoms in total. The zero-order chi connectivity index (χ0) is 22.6. The number of hydrogen-bond donors (Lipinski definition) is 2. The van der Waals surface area contributed by atoms with E-state index < -0.39 is 23.5 Å². The standard InChI is InChI=1S/C24H16BrNO6/c1-12-4-6-16(27)15(9-12)26-21(18-3-2-8-31-18)20(23(29)24(26)30)22(28)19-11-13-10-14(25)5-7-17(13)32-19/h2-11,21,27,29H,1H3. The lowest BCUT2D eigenvalue weighted by Gasteiger charge is -2.25. The summed E-state index contributed by atoms with van der Waals surface area (Å²) in [5.41, 5.74) is 1.23. The van der Waals surface area contributed by atoms with Crippen LogP contribution in [0.2, 0.25) is 0 Å². The van der Waals surface area contributed by atoms with Crippen LogP contribution in [0.3, 0.4) is 0 Å². The van der Waals surface area contributed by atoms with Gasteiger partial charge in [-0.15, -0.1) is 0 Å². The first kappa shape index (κ1) is 20.1. The fourth-order valence-corrected chi connectivity index (χ4v) is 4.27. The van der Waals surface area contributed by atoms with Crippen molar-refractivity contribution in [2.45, 2.75) is 13.0 Å². The second-order valence-electron chi connectivity index (χ2n) is 7.47. The molecule has 1 aliphatic heterocycles. The van der Waals surface area contributed by atoms with Gasteiger partial charge >= 0.3 is 0 Å². The Morgan fingerprint density at radius 2 is 1.91 bits per heavy atom. The summed E-state index contributed by atoms with van der Waals surface area (Å²) >= 11 is 3.38. The number of aliphatic hydroxyl groups excluding tert-OH is 1. The summed E-state index contributed by atoms with van der Waals surface area (Å²) in [5.74, 6) is -2.15. The van der Waals surface area contributed by atoms with Gasteiger partial charge < -0.3 is 19.0 Å². The van der Waals surface area contributed by atoms with Crippen molar-refractivity contribution in [3.63, 3.8) is 0 Å². The van der Waals surface area contributed by atoms with Crippen molar-refractivity contribution in [2.24, 2.45) is 0 Å². The lowest BCUT2D eigenvalue weighted by atomic mass is 9.99. The van der Waals surface area contributed by atoms with Gasteiger partial charge in [0.2, 0.25) is 5.78 Å². The molecule has 1 atom stereocenters. The molecule has 0 saturated carbocycles. The van der Waals surface area contributed by atoms with E-state index in [9.17, 15) is 19.8 Å². The molecule has 1 aliphatic rings.